The molecule has 6 nitrogen and oxygen atoms in total. The maximum Gasteiger partial charge on any atom is 0.233 e. The number of amides is 1. The maximum absolute atomic E-state index is 12.5. The number of benzene rings is 1. The highest BCUT2D eigenvalue weighted by Gasteiger charge is 2.22. The lowest BCUT2D eigenvalue weighted by molar-refractivity contribution is -0.129. The molecule has 1 aliphatic rings. The van der Waals surface area contributed by atoms with E-state index in [0.29, 0.717) is 34.8 Å². The highest BCUT2D eigenvalue weighted by molar-refractivity contribution is 9.10. The molecule has 1 saturated heterocycles. The molecule has 0 saturated carbocycles. The molecule has 8 heteroatoms. The normalized spacial score (nSPS) is 15.1. The molecule has 0 radical (unpaired) electrons. The summed E-state index contributed by atoms with van der Waals surface area (Å²) in [5, 5.41) is 19.3. The Hall–Kier alpha value is -1.80. The quantitative estimate of drug-likeness (QED) is 0.532. The Kier molecular flexibility index (Phi) is 6.59. The van der Waals surface area contributed by atoms with Crippen LogP contribution in [0, 0.1) is 5.92 Å². The number of allylic oxidation sites excluding steroid dienone is 1. The van der Waals surface area contributed by atoms with Crippen molar-refractivity contribution in [3.8, 4) is 17.1 Å². The molecular weight excluding hydrogens is 428 g/mol. The van der Waals surface area contributed by atoms with Gasteiger partial charge in [0, 0.05) is 24.1 Å². The molecule has 0 aliphatic carbocycles. The molecule has 0 bridgehead atoms. The van der Waals surface area contributed by atoms with Gasteiger partial charge in [-0.05, 0) is 37.0 Å². The smallest absolute Gasteiger partial charge is 0.233 e. The maximum atomic E-state index is 12.5. The van der Waals surface area contributed by atoms with Crippen LogP contribution in [0.3, 0.4) is 0 Å². The van der Waals surface area contributed by atoms with E-state index in [9.17, 15) is 9.90 Å². The fourth-order valence-corrected chi connectivity index (χ4v) is 4.26. The summed E-state index contributed by atoms with van der Waals surface area (Å²) in [6.45, 7) is 8.18. The summed E-state index contributed by atoms with van der Waals surface area (Å²) in [4.78, 5) is 14.4. The molecular formula is C19H23BrN4O2S. The van der Waals surface area contributed by atoms with E-state index in [1.54, 1.807) is 24.3 Å². The third-order valence-electron chi connectivity index (χ3n) is 4.69. The van der Waals surface area contributed by atoms with Crippen molar-refractivity contribution in [2.24, 2.45) is 5.92 Å². The van der Waals surface area contributed by atoms with Crippen LogP contribution in [0.25, 0.3) is 11.4 Å². The Labute approximate surface area is 171 Å². The number of phenols is 1. The Balaban J connectivity index is 1.76. The first-order chi connectivity index (χ1) is 13.0. The monoisotopic (exact) mass is 450 g/mol. The number of hydrogen-bond acceptors (Lipinski definition) is 5. The van der Waals surface area contributed by atoms with Crippen molar-refractivity contribution < 1.29 is 9.90 Å². The average molecular weight is 451 g/mol. The van der Waals surface area contributed by atoms with Crippen LogP contribution in [0.1, 0.15) is 19.8 Å². The number of nitrogens with zero attached hydrogens (tertiary/aromatic N) is 4. The van der Waals surface area contributed by atoms with Crippen molar-refractivity contribution in [1.82, 2.24) is 19.7 Å². The third-order valence-corrected chi connectivity index (χ3v) is 6.13. The van der Waals surface area contributed by atoms with Crippen LogP contribution in [0.5, 0.6) is 5.75 Å². The number of carbonyl (C=O) groups is 1. The van der Waals surface area contributed by atoms with Gasteiger partial charge < -0.3 is 10.0 Å². The number of rotatable bonds is 6. The van der Waals surface area contributed by atoms with Crippen LogP contribution in [-0.2, 0) is 11.3 Å². The van der Waals surface area contributed by atoms with Crippen LogP contribution in [0.4, 0.5) is 0 Å². The standard InChI is InChI=1S/C19H23BrN4O2S/c1-3-8-24-18(15-11-14(20)4-5-16(15)25)21-22-19(24)27-12-17(26)23-9-6-13(2)7-10-23/h3-5,11,13,25H,1,6-10,12H2,2H3. The van der Waals surface area contributed by atoms with Gasteiger partial charge in [-0.25, -0.2) is 0 Å². The number of aromatic nitrogens is 3. The first-order valence-corrected chi connectivity index (χ1v) is 10.7. The van der Waals surface area contributed by atoms with Gasteiger partial charge in [0.2, 0.25) is 5.91 Å². The largest absolute Gasteiger partial charge is 0.507 e. The molecule has 144 valence electrons. The fraction of sp³-hybridized carbons (Fsp3) is 0.421. The second-order valence-electron chi connectivity index (χ2n) is 6.72. The molecule has 3 rings (SSSR count). The van der Waals surface area contributed by atoms with Crippen molar-refractivity contribution in [2.45, 2.75) is 31.5 Å². The first-order valence-electron chi connectivity index (χ1n) is 8.93. The van der Waals surface area contributed by atoms with Crippen molar-refractivity contribution in [3.05, 3.63) is 35.3 Å². The summed E-state index contributed by atoms with van der Waals surface area (Å²) < 4.78 is 2.71. The SMILES string of the molecule is C=CCn1c(SCC(=O)N2CCC(C)CC2)nnc1-c1cc(Br)ccc1O. The lowest BCUT2D eigenvalue weighted by atomic mass is 9.99. The average Bonchev–Trinajstić information content (AvgIpc) is 3.05. The molecule has 0 spiro atoms. The zero-order chi connectivity index (χ0) is 19.4. The van der Waals surface area contributed by atoms with Gasteiger partial charge >= 0.3 is 0 Å². The second kappa shape index (κ2) is 8.93. The molecule has 1 aliphatic heterocycles. The van der Waals surface area contributed by atoms with Gasteiger partial charge in [-0.2, -0.15) is 0 Å². The van der Waals surface area contributed by atoms with Crippen molar-refractivity contribution >= 4 is 33.6 Å². The second-order valence-corrected chi connectivity index (χ2v) is 8.58. The number of thioether (sulfide) groups is 1. The van der Waals surface area contributed by atoms with Gasteiger partial charge in [-0.3, -0.25) is 9.36 Å². The highest BCUT2D eigenvalue weighted by Crippen LogP contribution is 2.33. The fourth-order valence-electron chi connectivity index (χ4n) is 3.05. The number of piperidine rings is 1. The van der Waals surface area contributed by atoms with Gasteiger partial charge in [0.1, 0.15) is 5.75 Å². The molecule has 0 unspecified atom stereocenters. The molecule has 1 aromatic carbocycles. The number of phenolic OH excluding ortho intramolecular Hbond substituents is 1. The summed E-state index contributed by atoms with van der Waals surface area (Å²) in [7, 11) is 0. The van der Waals surface area contributed by atoms with E-state index in [-0.39, 0.29) is 11.7 Å². The van der Waals surface area contributed by atoms with Gasteiger partial charge in [0.15, 0.2) is 11.0 Å². The Morgan fingerprint density at radius 1 is 1.41 bits per heavy atom. The van der Waals surface area contributed by atoms with Gasteiger partial charge in [0.25, 0.3) is 0 Å². The molecule has 1 N–H and O–H groups in total. The van der Waals surface area contributed by atoms with Crippen molar-refractivity contribution in [3.63, 3.8) is 0 Å². The number of likely N-dealkylation sites (tertiary alicyclic amines) is 1. The first kappa shape index (κ1) is 19.9. The number of halogens is 1. The highest BCUT2D eigenvalue weighted by atomic mass is 79.9. The third kappa shape index (κ3) is 4.73. The molecule has 2 aromatic rings. The minimum atomic E-state index is 0.131. The Morgan fingerprint density at radius 2 is 2.15 bits per heavy atom. The summed E-state index contributed by atoms with van der Waals surface area (Å²) in [5.41, 5.74) is 0.585. The predicted molar refractivity (Wildman–Crippen MR) is 111 cm³/mol. The number of aromatic hydroxyl groups is 1. The number of carbonyl (C=O) groups excluding carboxylic acids is 1. The molecule has 1 aromatic heterocycles. The minimum Gasteiger partial charge on any atom is -0.507 e. The molecule has 0 atom stereocenters. The van der Waals surface area contributed by atoms with E-state index in [1.807, 2.05) is 9.47 Å². The van der Waals surface area contributed by atoms with Crippen LogP contribution in [-0.4, -0.2) is 49.5 Å². The predicted octanol–water partition coefficient (Wildman–Crippen LogP) is 3.95. The molecule has 2 heterocycles. The van der Waals surface area contributed by atoms with Gasteiger partial charge in [-0.1, -0.05) is 40.7 Å². The van der Waals surface area contributed by atoms with Crippen LogP contribution in [0.15, 0.2) is 40.5 Å². The van der Waals surface area contributed by atoms with Crippen molar-refractivity contribution in [2.75, 3.05) is 18.8 Å². The Morgan fingerprint density at radius 3 is 2.85 bits per heavy atom. The molecule has 27 heavy (non-hydrogen) atoms. The van der Waals surface area contributed by atoms with E-state index in [0.717, 1.165) is 30.4 Å². The summed E-state index contributed by atoms with van der Waals surface area (Å²) in [5.74, 6) is 1.83. The topological polar surface area (TPSA) is 71.2 Å². The summed E-state index contributed by atoms with van der Waals surface area (Å²) >= 11 is 4.79. The minimum absolute atomic E-state index is 0.131. The summed E-state index contributed by atoms with van der Waals surface area (Å²) in [6.07, 6.45) is 3.88. The zero-order valence-corrected chi connectivity index (χ0v) is 17.7. The Bertz CT molecular complexity index is 831. The van der Waals surface area contributed by atoms with E-state index >= 15 is 0 Å². The molecule has 1 fully saturated rings. The zero-order valence-electron chi connectivity index (χ0n) is 15.3. The lowest BCUT2D eigenvalue weighted by Gasteiger charge is -2.30. The van der Waals surface area contributed by atoms with Gasteiger partial charge in [0.05, 0.1) is 11.3 Å². The van der Waals surface area contributed by atoms with E-state index in [2.05, 4.69) is 39.6 Å². The van der Waals surface area contributed by atoms with Crippen LogP contribution < -0.4 is 0 Å². The lowest BCUT2D eigenvalue weighted by Crippen LogP contribution is -2.38. The summed E-state index contributed by atoms with van der Waals surface area (Å²) in [6, 6.07) is 5.17. The van der Waals surface area contributed by atoms with E-state index in [1.165, 1.54) is 11.8 Å². The molecule has 1 amide bonds. The van der Waals surface area contributed by atoms with Crippen LogP contribution in [0.2, 0.25) is 0 Å². The van der Waals surface area contributed by atoms with E-state index in [4.69, 9.17) is 0 Å². The van der Waals surface area contributed by atoms with Crippen molar-refractivity contribution in [1.29, 1.82) is 0 Å². The van der Waals surface area contributed by atoms with Gasteiger partial charge in [-0.15, -0.1) is 16.8 Å². The van der Waals surface area contributed by atoms with Crippen LogP contribution >= 0.6 is 27.7 Å². The van der Waals surface area contributed by atoms with E-state index < -0.39 is 0 Å². The number of hydrogen-bond donors (Lipinski definition) is 1.